The molecule has 2 rings (SSSR count). The molecule has 0 aliphatic carbocycles. The Bertz CT molecular complexity index is 599. The van der Waals surface area contributed by atoms with Crippen LogP contribution in [0.2, 0.25) is 0 Å². The summed E-state index contributed by atoms with van der Waals surface area (Å²) >= 11 is 0. The number of pyridine rings is 1. The number of nitrogen functional groups attached to an aromatic ring is 1. The number of rotatable bonds is 3. The van der Waals surface area contributed by atoms with Crippen molar-refractivity contribution in [2.45, 2.75) is 6.61 Å². The van der Waals surface area contributed by atoms with Gasteiger partial charge >= 0.3 is 0 Å². The van der Waals surface area contributed by atoms with Crippen molar-refractivity contribution in [2.24, 2.45) is 0 Å². The van der Waals surface area contributed by atoms with Gasteiger partial charge in [0.25, 0.3) is 5.91 Å². The highest BCUT2D eigenvalue weighted by molar-refractivity contribution is 6.07. The largest absolute Gasteiger partial charge is 0.392 e. The highest BCUT2D eigenvalue weighted by Gasteiger charge is 2.12. The molecule has 4 N–H and O–H groups in total. The van der Waals surface area contributed by atoms with Crippen LogP contribution in [-0.2, 0) is 6.61 Å². The van der Waals surface area contributed by atoms with E-state index in [1.807, 2.05) is 0 Å². The number of aliphatic hydroxyl groups excluding tert-OH is 1. The Morgan fingerprint density at radius 1 is 1.37 bits per heavy atom. The number of amides is 1. The van der Waals surface area contributed by atoms with Crippen molar-refractivity contribution in [1.29, 1.82) is 0 Å². The first-order valence-electron chi connectivity index (χ1n) is 5.52. The molecular formula is C13H12FN3O2. The van der Waals surface area contributed by atoms with E-state index in [4.69, 9.17) is 10.8 Å². The van der Waals surface area contributed by atoms with Gasteiger partial charge in [-0.15, -0.1) is 0 Å². The summed E-state index contributed by atoms with van der Waals surface area (Å²) in [4.78, 5) is 15.5. The standard InChI is InChI=1S/C13H12FN3O2/c14-9-5-11(12(15)16-6-9)13(19)17-10-3-1-8(7-18)2-4-10/h1-6,18H,7H2,(H2,15,16)(H,17,19). The second kappa shape index (κ2) is 5.45. The highest BCUT2D eigenvalue weighted by Crippen LogP contribution is 2.14. The van der Waals surface area contributed by atoms with Crippen molar-refractivity contribution in [3.63, 3.8) is 0 Å². The maximum Gasteiger partial charge on any atom is 0.259 e. The van der Waals surface area contributed by atoms with E-state index in [9.17, 15) is 9.18 Å². The van der Waals surface area contributed by atoms with Gasteiger partial charge in [0.15, 0.2) is 0 Å². The first-order chi connectivity index (χ1) is 9.10. The summed E-state index contributed by atoms with van der Waals surface area (Å²) in [6.45, 7) is -0.0744. The zero-order chi connectivity index (χ0) is 13.8. The van der Waals surface area contributed by atoms with Crippen LogP contribution in [-0.4, -0.2) is 16.0 Å². The summed E-state index contributed by atoms with van der Waals surface area (Å²) < 4.78 is 13.0. The topological polar surface area (TPSA) is 88.2 Å². The summed E-state index contributed by atoms with van der Waals surface area (Å²) in [7, 11) is 0. The molecule has 0 spiro atoms. The minimum Gasteiger partial charge on any atom is -0.392 e. The van der Waals surface area contributed by atoms with Gasteiger partial charge in [-0.1, -0.05) is 12.1 Å². The molecule has 0 aliphatic rings. The molecule has 0 aliphatic heterocycles. The number of halogens is 1. The second-order valence-electron chi connectivity index (χ2n) is 3.90. The third kappa shape index (κ3) is 3.05. The van der Waals surface area contributed by atoms with E-state index in [2.05, 4.69) is 10.3 Å². The molecule has 1 aromatic carbocycles. The molecule has 0 unspecified atom stereocenters. The van der Waals surface area contributed by atoms with Gasteiger partial charge < -0.3 is 16.2 Å². The van der Waals surface area contributed by atoms with Gasteiger partial charge in [0, 0.05) is 5.69 Å². The van der Waals surface area contributed by atoms with E-state index in [1.54, 1.807) is 24.3 Å². The minimum absolute atomic E-state index is 0.0220. The van der Waals surface area contributed by atoms with Gasteiger partial charge in [-0.05, 0) is 23.8 Å². The summed E-state index contributed by atoms with van der Waals surface area (Å²) in [5.41, 5.74) is 6.74. The lowest BCUT2D eigenvalue weighted by Crippen LogP contribution is -2.15. The molecule has 5 nitrogen and oxygen atoms in total. The molecular weight excluding hydrogens is 249 g/mol. The van der Waals surface area contributed by atoms with Crippen LogP contribution in [0.5, 0.6) is 0 Å². The summed E-state index contributed by atoms with van der Waals surface area (Å²) in [6.07, 6.45) is 0.947. The fourth-order valence-corrected chi connectivity index (χ4v) is 1.52. The van der Waals surface area contributed by atoms with Gasteiger partial charge in [0.2, 0.25) is 0 Å². The van der Waals surface area contributed by atoms with Crippen molar-refractivity contribution >= 4 is 17.4 Å². The fourth-order valence-electron chi connectivity index (χ4n) is 1.52. The van der Waals surface area contributed by atoms with E-state index in [0.29, 0.717) is 5.69 Å². The Kier molecular flexibility index (Phi) is 3.72. The fraction of sp³-hybridized carbons (Fsp3) is 0.0769. The Labute approximate surface area is 108 Å². The number of anilines is 2. The van der Waals surface area contributed by atoms with Gasteiger partial charge in [-0.3, -0.25) is 4.79 Å². The van der Waals surface area contributed by atoms with E-state index in [1.165, 1.54) is 0 Å². The Morgan fingerprint density at radius 3 is 2.68 bits per heavy atom. The Balaban J connectivity index is 2.18. The van der Waals surface area contributed by atoms with Crippen LogP contribution < -0.4 is 11.1 Å². The Hall–Kier alpha value is -2.47. The number of benzene rings is 1. The normalized spacial score (nSPS) is 10.2. The lowest BCUT2D eigenvalue weighted by molar-refractivity contribution is 0.102. The number of nitrogens with two attached hydrogens (primary N) is 1. The van der Waals surface area contributed by atoms with Crippen LogP contribution in [0.1, 0.15) is 15.9 Å². The number of aliphatic hydroxyl groups is 1. The molecule has 0 radical (unpaired) electrons. The summed E-state index contributed by atoms with van der Waals surface area (Å²) in [5, 5.41) is 11.5. The average molecular weight is 261 g/mol. The van der Waals surface area contributed by atoms with E-state index in [-0.39, 0.29) is 18.0 Å². The van der Waals surface area contributed by atoms with Crippen LogP contribution in [0.15, 0.2) is 36.5 Å². The minimum atomic E-state index is -0.630. The molecule has 0 saturated carbocycles. The molecule has 0 bridgehead atoms. The van der Waals surface area contributed by atoms with Crippen molar-refractivity contribution in [2.75, 3.05) is 11.1 Å². The number of aromatic nitrogens is 1. The lowest BCUT2D eigenvalue weighted by atomic mass is 10.2. The van der Waals surface area contributed by atoms with Gasteiger partial charge in [0.1, 0.15) is 11.6 Å². The molecule has 0 atom stereocenters. The van der Waals surface area contributed by atoms with E-state index in [0.717, 1.165) is 17.8 Å². The first-order valence-corrected chi connectivity index (χ1v) is 5.52. The molecule has 1 heterocycles. The number of carbonyl (C=O) groups excluding carboxylic acids is 1. The first kappa shape index (κ1) is 13.0. The van der Waals surface area contributed by atoms with Crippen LogP contribution in [0, 0.1) is 5.82 Å². The van der Waals surface area contributed by atoms with Crippen LogP contribution in [0.3, 0.4) is 0 Å². The predicted molar refractivity (Wildman–Crippen MR) is 68.9 cm³/mol. The van der Waals surface area contributed by atoms with Crippen LogP contribution in [0.25, 0.3) is 0 Å². The average Bonchev–Trinajstić information content (AvgIpc) is 2.42. The molecule has 1 aromatic heterocycles. The number of hydrogen-bond acceptors (Lipinski definition) is 4. The number of hydrogen-bond donors (Lipinski definition) is 3. The zero-order valence-electron chi connectivity index (χ0n) is 9.93. The predicted octanol–water partition coefficient (Wildman–Crippen LogP) is 1.55. The Morgan fingerprint density at radius 2 is 2.05 bits per heavy atom. The molecule has 0 saturated heterocycles. The van der Waals surface area contributed by atoms with Crippen molar-refractivity contribution < 1.29 is 14.3 Å². The molecule has 6 heteroatoms. The van der Waals surface area contributed by atoms with Gasteiger partial charge in [-0.25, -0.2) is 9.37 Å². The third-order valence-electron chi connectivity index (χ3n) is 2.52. The van der Waals surface area contributed by atoms with Gasteiger partial charge in [-0.2, -0.15) is 0 Å². The smallest absolute Gasteiger partial charge is 0.259 e. The number of nitrogens with zero attached hydrogens (tertiary/aromatic N) is 1. The zero-order valence-corrected chi connectivity index (χ0v) is 9.93. The van der Waals surface area contributed by atoms with E-state index >= 15 is 0 Å². The maximum absolute atomic E-state index is 13.0. The summed E-state index contributed by atoms with van der Waals surface area (Å²) in [6, 6.07) is 7.63. The van der Waals surface area contributed by atoms with Gasteiger partial charge in [0.05, 0.1) is 18.4 Å². The molecule has 1 amide bonds. The molecule has 2 aromatic rings. The maximum atomic E-state index is 13.0. The van der Waals surface area contributed by atoms with Crippen LogP contribution >= 0.6 is 0 Å². The number of nitrogens with one attached hydrogen (secondary N) is 1. The number of carbonyl (C=O) groups is 1. The monoisotopic (exact) mass is 261 g/mol. The molecule has 19 heavy (non-hydrogen) atoms. The van der Waals surface area contributed by atoms with E-state index < -0.39 is 11.7 Å². The third-order valence-corrected chi connectivity index (χ3v) is 2.52. The second-order valence-corrected chi connectivity index (χ2v) is 3.90. The molecule has 0 fully saturated rings. The van der Waals surface area contributed by atoms with Crippen molar-refractivity contribution in [3.8, 4) is 0 Å². The van der Waals surface area contributed by atoms with Crippen molar-refractivity contribution in [3.05, 3.63) is 53.5 Å². The quantitative estimate of drug-likeness (QED) is 0.782. The lowest BCUT2D eigenvalue weighted by Gasteiger charge is -2.07. The molecule has 98 valence electrons. The highest BCUT2D eigenvalue weighted by atomic mass is 19.1. The van der Waals surface area contributed by atoms with Crippen LogP contribution in [0.4, 0.5) is 15.9 Å². The SMILES string of the molecule is Nc1ncc(F)cc1C(=O)Nc1ccc(CO)cc1. The van der Waals surface area contributed by atoms with Crippen molar-refractivity contribution in [1.82, 2.24) is 4.98 Å². The summed E-state index contributed by atoms with van der Waals surface area (Å²) in [5.74, 6) is -1.21.